The van der Waals surface area contributed by atoms with Gasteiger partial charge in [-0.05, 0) is 30.8 Å². The van der Waals surface area contributed by atoms with E-state index in [2.05, 4.69) is 16.8 Å². The lowest BCUT2D eigenvalue weighted by molar-refractivity contribution is 0.0484. The molecule has 0 radical (unpaired) electrons. The highest BCUT2D eigenvalue weighted by atomic mass is 35.5. The first-order chi connectivity index (χ1) is 12.1. The molecule has 0 aromatic heterocycles. The number of likely N-dealkylation sites (N-methyl/N-ethyl adjacent to an activating group) is 1. The molecule has 3 nitrogen and oxygen atoms in total. The SMILES string of the molecule is CN1CCN(CCO[C@H](c2cccc(Cl)c2)c2ccccc2Cl)CC1. The highest BCUT2D eigenvalue weighted by molar-refractivity contribution is 6.31. The third-order valence-corrected chi connectivity index (χ3v) is 5.21. The fourth-order valence-corrected chi connectivity index (χ4v) is 3.53. The van der Waals surface area contributed by atoms with Gasteiger partial charge >= 0.3 is 0 Å². The highest BCUT2D eigenvalue weighted by Crippen LogP contribution is 2.32. The Balaban J connectivity index is 1.70. The van der Waals surface area contributed by atoms with Crippen LogP contribution in [0, 0.1) is 0 Å². The number of benzene rings is 2. The molecule has 2 aromatic carbocycles. The van der Waals surface area contributed by atoms with Gasteiger partial charge in [0.25, 0.3) is 0 Å². The van der Waals surface area contributed by atoms with Crippen LogP contribution in [0.3, 0.4) is 0 Å². The van der Waals surface area contributed by atoms with Gasteiger partial charge < -0.3 is 9.64 Å². The minimum Gasteiger partial charge on any atom is -0.367 e. The number of hydrogen-bond acceptors (Lipinski definition) is 3. The number of nitrogens with zero attached hydrogens (tertiary/aromatic N) is 2. The standard InChI is InChI=1S/C20H24Cl2N2O/c1-23-9-11-24(12-10-23)13-14-25-20(16-5-4-6-17(21)15-16)18-7-2-3-8-19(18)22/h2-8,15,20H,9-14H2,1H3/t20-/m1/s1. The molecule has 0 amide bonds. The van der Waals surface area contributed by atoms with E-state index in [9.17, 15) is 0 Å². The van der Waals surface area contributed by atoms with Crippen LogP contribution in [-0.2, 0) is 4.74 Å². The van der Waals surface area contributed by atoms with Crippen molar-refractivity contribution in [2.24, 2.45) is 0 Å². The first kappa shape index (κ1) is 18.7. The van der Waals surface area contributed by atoms with Crippen molar-refractivity contribution in [3.8, 4) is 0 Å². The van der Waals surface area contributed by atoms with Crippen LogP contribution in [0.4, 0.5) is 0 Å². The van der Waals surface area contributed by atoms with Crippen molar-refractivity contribution in [2.75, 3.05) is 46.4 Å². The molecule has 0 saturated carbocycles. The molecular weight excluding hydrogens is 355 g/mol. The second-order valence-corrected chi connectivity index (χ2v) is 7.32. The molecule has 0 spiro atoms. The van der Waals surface area contributed by atoms with E-state index in [1.807, 2.05) is 48.5 Å². The lowest BCUT2D eigenvalue weighted by Crippen LogP contribution is -2.45. The Morgan fingerprint density at radius 2 is 1.76 bits per heavy atom. The molecule has 0 bridgehead atoms. The summed E-state index contributed by atoms with van der Waals surface area (Å²) >= 11 is 12.6. The van der Waals surface area contributed by atoms with E-state index in [0.29, 0.717) is 16.7 Å². The van der Waals surface area contributed by atoms with Gasteiger partial charge in [-0.2, -0.15) is 0 Å². The van der Waals surface area contributed by atoms with Crippen LogP contribution in [-0.4, -0.2) is 56.2 Å². The molecule has 0 unspecified atom stereocenters. The van der Waals surface area contributed by atoms with Crippen molar-refractivity contribution in [1.82, 2.24) is 9.80 Å². The van der Waals surface area contributed by atoms with Gasteiger partial charge in [0.15, 0.2) is 0 Å². The average molecular weight is 379 g/mol. The molecule has 0 aliphatic carbocycles. The van der Waals surface area contributed by atoms with E-state index in [4.69, 9.17) is 27.9 Å². The zero-order chi connectivity index (χ0) is 17.6. The molecule has 0 N–H and O–H groups in total. The average Bonchev–Trinajstić information content (AvgIpc) is 2.61. The Labute approximate surface area is 160 Å². The van der Waals surface area contributed by atoms with Crippen LogP contribution in [0.25, 0.3) is 0 Å². The summed E-state index contributed by atoms with van der Waals surface area (Å²) in [5.41, 5.74) is 2.00. The maximum atomic E-state index is 6.42. The van der Waals surface area contributed by atoms with Gasteiger partial charge in [0.1, 0.15) is 6.10 Å². The van der Waals surface area contributed by atoms with E-state index in [1.54, 1.807) is 0 Å². The lowest BCUT2D eigenvalue weighted by Gasteiger charge is -2.32. The van der Waals surface area contributed by atoms with E-state index in [-0.39, 0.29) is 6.10 Å². The normalized spacial score (nSPS) is 17.6. The fourth-order valence-electron chi connectivity index (χ4n) is 3.09. The highest BCUT2D eigenvalue weighted by Gasteiger charge is 2.19. The Bertz CT molecular complexity index is 687. The van der Waals surface area contributed by atoms with Crippen LogP contribution in [0.2, 0.25) is 10.0 Å². The monoisotopic (exact) mass is 378 g/mol. The quantitative estimate of drug-likeness (QED) is 0.742. The van der Waals surface area contributed by atoms with Gasteiger partial charge in [-0.25, -0.2) is 0 Å². The summed E-state index contributed by atoms with van der Waals surface area (Å²) in [5, 5.41) is 1.42. The first-order valence-corrected chi connectivity index (χ1v) is 9.41. The van der Waals surface area contributed by atoms with Crippen LogP contribution in [0.5, 0.6) is 0 Å². The molecule has 1 heterocycles. The van der Waals surface area contributed by atoms with Gasteiger partial charge in [-0.3, -0.25) is 4.90 Å². The minimum absolute atomic E-state index is 0.208. The molecule has 2 aromatic rings. The van der Waals surface area contributed by atoms with Crippen molar-refractivity contribution in [3.05, 3.63) is 69.7 Å². The minimum atomic E-state index is -0.208. The lowest BCUT2D eigenvalue weighted by atomic mass is 10.0. The van der Waals surface area contributed by atoms with Crippen LogP contribution in [0.15, 0.2) is 48.5 Å². The van der Waals surface area contributed by atoms with Gasteiger partial charge in [-0.15, -0.1) is 0 Å². The second kappa shape index (κ2) is 9.02. The molecule has 5 heteroatoms. The van der Waals surface area contributed by atoms with Crippen molar-refractivity contribution in [2.45, 2.75) is 6.10 Å². The van der Waals surface area contributed by atoms with Crippen molar-refractivity contribution < 1.29 is 4.74 Å². The summed E-state index contributed by atoms with van der Waals surface area (Å²) in [6.45, 7) is 5.99. The number of piperazine rings is 1. The smallest absolute Gasteiger partial charge is 0.109 e. The largest absolute Gasteiger partial charge is 0.367 e. The maximum Gasteiger partial charge on any atom is 0.109 e. The molecule has 1 fully saturated rings. The van der Waals surface area contributed by atoms with Crippen LogP contribution >= 0.6 is 23.2 Å². The number of hydrogen-bond donors (Lipinski definition) is 0. The predicted molar refractivity (Wildman–Crippen MR) is 105 cm³/mol. The fraction of sp³-hybridized carbons (Fsp3) is 0.400. The first-order valence-electron chi connectivity index (χ1n) is 8.66. The Kier molecular flexibility index (Phi) is 6.74. The third-order valence-electron chi connectivity index (χ3n) is 4.63. The van der Waals surface area contributed by atoms with Crippen LogP contribution in [0.1, 0.15) is 17.2 Å². The number of ether oxygens (including phenoxy) is 1. The summed E-state index contributed by atoms with van der Waals surface area (Å²) in [4.78, 5) is 4.80. The summed E-state index contributed by atoms with van der Waals surface area (Å²) in [6.07, 6.45) is -0.208. The molecule has 25 heavy (non-hydrogen) atoms. The Morgan fingerprint density at radius 1 is 1.00 bits per heavy atom. The molecule has 1 atom stereocenters. The van der Waals surface area contributed by atoms with Gasteiger partial charge in [-0.1, -0.05) is 53.5 Å². The Morgan fingerprint density at radius 3 is 2.48 bits per heavy atom. The molecule has 1 saturated heterocycles. The topological polar surface area (TPSA) is 15.7 Å². The van der Waals surface area contributed by atoms with E-state index < -0.39 is 0 Å². The summed E-state index contributed by atoms with van der Waals surface area (Å²) in [5.74, 6) is 0. The molecule has 1 aliphatic rings. The molecule has 1 aliphatic heterocycles. The zero-order valence-electron chi connectivity index (χ0n) is 14.5. The van der Waals surface area contributed by atoms with Gasteiger partial charge in [0, 0.05) is 48.3 Å². The predicted octanol–water partition coefficient (Wildman–Crippen LogP) is 4.35. The van der Waals surface area contributed by atoms with Crippen LogP contribution < -0.4 is 0 Å². The van der Waals surface area contributed by atoms with E-state index >= 15 is 0 Å². The molecule has 134 valence electrons. The second-order valence-electron chi connectivity index (χ2n) is 6.47. The van der Waals surface area contributed by atoms with Gasteiger partial charge in [0.05, 0.1) is 6.61 Å². The molecular formula is C20H24Cl2N2O. The van der Waals surface area contributed by atoms with Crippen molar-refractivity contribution in [3.63, 3.8) is 0 Å². The van der Waals surface area contributed by atoms with Crippen molar-refractivity contribution >= 4 is 23.2 Å². The van der Waals surface area contributed by atoms with Crippen molar-refractivity contribution in [1.29, 1.82) is 0 Å². The summed E-state index contributed by atoms with van der Waals surface area (Å²) in [7, 11) is 2.17. The van der Waals surface area contributed by atoms with Gasteiger partial charge in [0.2, 0.25) is 0 Å². The van der Waals surface area contributed by atoms with E-state index in [0.717, 1.165) is 43.9 Å². The Hall–Kier alpha value is -1.10. The molecule has 3 rings (SSSR count). The number of rotatable bonds is 6. The maximum absolute atomic E-state index is 6.42. The van der Waals surface area contributed by atoms with E-state index in [1.165, 1.54) is 0 Å². The third kappa shape index (κ3) is 5.19. The number of halogens is 2. The summed E-state index contributed by atoms with van der Waals surface area (Å²) in [6, 6.07) is 15.7. The summed E-state index contributed by atoms with van der Waals surface area (Å²) < 4.78 is 6.28. The zero-order valence-corrected chi connectivity index (χ0v) is 16.0.